The number of phenolic OH excluding ortho intramolecular Hbond substituents is 1. The van der Waals surface area contributed by atoms with Crippen LogP contribution in [0.1, 0.15) is 58.2 Å². The topological polar surface area (TPSA) is 40.5 Å². The molecule has 0 aliphatic heterocycles. The lowest BCUT2D eigenvalue weighted by atomic mass is 9.78. The lowest BCUT2D eigenvalue weighted by Gasteiger charge is -2.27. The molecular formula is C16H28O2. The predicted octanol–water partition coefficient (Wildman–Crippen LogP) is 3.90. The first-order valence-electron chi connectivity index (χ1n) is 6.33. The lowest BCUT2D eigenvalue weighted by molar-refractivity contribution is 0.399. The summed E-state index contributed by atoms with van der Waals surface area (Å²) in [5.74, 6) is 0.464. The van der Waals surface area contributed by atoms with E-state index in [1.54, 1.807) is 0 Å². The van der Waals surface area contributed by atoms with Crippen LogP contribution in [0.3, 0.4) is 0 Å². The van der Waals surface area contributed by atoms with E-state index in [1.807, 2.05) is 0 Å². The number of aliphatic hydroxyl groups is 1. The van der Waals surface area contributed by atoms with E-state index in [9.17, 15) is 5.11 Å². The highest BCUT2D eigenvalue weighted by Crippen LogP contribution is 2.39. The molecule has 0 atom stereocenters. The molecule has 0 amide bonds. The van der Waals surface area contributed by atoms with Crippen LogP contribution in [0.5, 0.6) is 5.75 Å². The zero-order valence-electron chi connectivity index (χ0n) is 13.0. The smallest absolute Gasteiger partial charge is 0.123 e. The molecule has 0 bridgehead atoms. The van der Waals surface area contributed by atoms with Gasteiger partial charge >= 0.3 is 0 Å². The number of benzene rings is 1. The monoisotopic (exact) mass is 252 g/mol. The third-order valence-corrected chi connectivity index (χ3v) is 2.87. The molecule has 1 aromatic carbocycles. The summed E-state index contributed by atoms with van der Waals surface area (Å²) in [5, 5.41) is 17.4. The summed E-state index contributed by atoms with van der Waals surface area (Å²) in [5.41, 5.74) is 3.26. The first kappa shape index (κ1) is 17.0. The summed E-state index contributed by atoms with van der Waals surface area (Å²) in [6.45, 7) is 14.9. The van der Waals surface area contributed by atoms with Crippen LogP contribution < -0.4 is 0 Å². The van der Waals surface area contributed by atoms with Crippen molar-refractivity contribution in [1.82, 2.24) is 0 Å². The number of aromatic hydroxyl groups is 1. The first-order chi connectivity index (χ1) is 8.03. The van der Waals surface area contributed by atoms with Crippen LogP contribution in [0.4, 0.5) is 0 Å². The Hall–Kier alpha value is -1.02. The van der Waals surface area contributed by atoms with Gasteiger partial charge in [-0.2, -0.15) is 0 Å². The summed E-state index contributed by atoms with van der Waals surface area (Å²) < 4.78 is 0. The van der Waals surface area contributed by atoms with Gasteiger partial charge in [0.1, 0.15) is 5.75 Å². The van der Waals surface area contributed by atoms with Crippen LogP contribution in [0.15, 0.2) is 12.1 Å². The van der Waals surface area contributed by atoms with E-state index in [1.165, 1.54) is 5.56 Å². The minimum atomic E-state index is -0.0178. The van der Waals surface area contributed by atoms with Crippen molar-refractivity contribution in [2.45, 2.75) is 59.3 Å². The zero-order valence-corrected chi connectivity index (χ0v) is 13.0. The van der Waals surface area contributed by atoms with Gasteiger partial charge in [0.2, 0.25) is 0 Å². The molecule has 0 heterocycles. The van der Waals surface area contributed by atoms with Gasteiger partial charge in [0.25, 0.3) is 0 Å². The van der Waals surface area contributed by atoms with Gasteiger partial charge in [-0.25, -0.2) is 0 Å². The number of hydrogen-bond acceptors (Lipinski definition) is 2. The maximum Gasteiger partial charge on any atom is 0.123 e. The van der Waals surface area contributed by atoms with Crippen molar-refractivity contribution in [3.05, 3.63) is 28.8 Å². The Balaban J connectivity index is 0.00000137. The van der Waals surface area contributed by atoms with Gasteiger partial charge in [-0.15, -0.1) is 0 Å². The van der Waals surface area contributed by atoms with Crippen molar-refractivity contribution in [2.75, 3.05) is 7.11 Å². The molecular weight excluding hydrogens is 224 g/mol. The Morgan fingerprint density at radius 1 is 0.778 bits per heavy atom. The van der Waals surface area contributed by atoms with Gasteiger partial charge in [0.05, 0.1) is 0 Å². The summed E-state index contributed by atoms with van der Waals surface area (Å²) >= 11 is 0. The fourth-order valence-corrected chi connectivity index (χ4v) is 1.92. The molecule has 18 heavy (non-hydrogen) atoms. The highest BCUT2D eigenvalue weighted by molar-refractivity contribution is 5.49. The minimum Gasteiger partial charge on any atom is -0.507 e. The highest BCUT2D eigenvalue weighted by atomic mass is 16.3. The number of aryl methyl sites for hydroxylation is 1. The molecule has 2 N–H and O–H groups in total. The van der Waals surface area contributed by atoms with Crippen molar-refractivity contribution < 1.29 is 10.2 Å². The van der Waals surface area contributed by atoms with Crippen LogP contribution in [-0.2, 0) is 10.8 Å². The molecule has 0 radical (unpaired) electrons. The Bertz CT molecular complexity index is 358. The molecule has 1 rings (SSSR count). The van der Waals surface area contributed by atoms with Crippen molar-refractivity contribution in [2.24, 2.45) is 0 Å². The maximum absolute atomic E-state index is 10.4. The molecule has 0 spiro atoms. The van der Waals surface area contributed by atoms with Crippen molar-refractivity contribution in [3.63, 3.8) is 0 Å². The standard InChI is InChI=1S/C15H24O.CH4O/c1-10-8-11(14(2,3)4)13(16)12(9-10)15(5,6)7;1-2/h8-9,16H,1-7H3;2H,1H3. The summed E-state index contributed by atoms with van der Waals surface area (Å²) in [4.78, 5) is 0. The maximum atomic E-state index is 10.4. The molecule has 1 aromatic rings. The Morgan fingerprint density at radius 2 is 1.06 bits per heavy atom. The third-order valence-electron chi connectivity index (χ3n) is 2.87. The van der Waals surface area contributed by atoms with Crippen LogP contribution in [0.25, 0.3) is 0 Å². The molecule has 0 unspecified atom stereocenters. The second kappa shape index (κ2) is 5.75. The minimum absolute atomic E-state index is 0.0178. The van der Waals surface area contributed by atoms with Gasteiger partial charge in [-0.3, -0.25) is 0 Å². The van der Waals surface area contributed by atoms with E-state index in [4.69, 9.17) is 5.11 Å². The second-order valence-electron chi connectivity index (χ2n) is 6.71. The van der Waals surface area contributed by atoms with E-state index >= 15 is 0 Å². The molecule has 0 aliphatic carbocycles. The van der Waals surface area contributed by atoms with Crippen LogP contribution in [0.2, 0.25) is 0 Å². The molecule has 0 aliphatic rings. The van der Waals surface area contributed by atoms with Gasteiger partial charge < -0.3 is 10.2 Å². The fourth-order valence-electron chi connectivity index (χ4n) is 1.92. The second-order valence-corrected chi connectivity index (χ2v) is 6.71. The average molecular weight is 252 g/mol. The largest absolute Gasteiger partial charge is 0.507 e. The Kier molecular flexibility index (Phi) is 5.42. The SMILES string of the molecule is CO.Cc1cc(C(C)(C)C)c(O)c(C(C)(C)C)c1. The van der Waals surface area contributed by atoms with Gasteiger partial charge in [0, 0.05) is 7.11 Å². The van der Waals surface area contributed by atoms with Crippen molar-refractivity contribution in [3.8, 4) is 5.75 Å². The normalized spacial score (nSPS) is 11.8. The molecule has 104 valence electrons. The molecule has 0 saturated heterocycles. The summed E-state index contributed by atoms with van der Waals surface area (Å²) in [7, 11) is 1.00. The Labute approximate surface area is 112 Å². The van der Waals surface area contributed by atoms with Crippen LogP contribution in [-0.4, -0.2) is 17.3 Å². The number of phenols is 1. The van der Waals surface area contributed by atoms with Crippen molar-refractivity contribution >= 4 is 0 Å². The van der Waals surface area contributed by atoms with Gasteiger partial charge in [-0.1, -0.05) is 59.2 Å². The van der Waals surface area contributed by atoms with Crippen LogP contribution in [0, 0.1) is 6.92 Å². The van der Waals surface area contributed by atoms with E-state index in [0.717, 1.165) is 18.2 Å². The average Bonchev–Trinajstić information content (AvgIpc) is 2.21. The predicted molar refractivity (Wildman–Crippen MR) is 78.4 cm³/mol. The molecule has 0 fully saturated rings. The first-order valence-corrected chi connectivity index (χ1v) is 6.33. The fraction of sp³-hybridized carbons (Fsp3) is 0.625. The van der Waals surface area contributed by atoms with E-state index in [0.29, 0.717) is 5.75 Å². The molecule has 0 saturated carbocycles. The zero-order chi connectivity index (χ0) is 14.7. The van der Waals surface area contributed by atoms with Gasteiger partial charge in [-0.05, 0) is 28.9 Å². The van der Waals surface area contributed by atoms with Crippen LogP contribution >= 0.6 is 0 Å². The van der Waals surface area contributed by atoms with Crippen molar-refractivity contribution in [1.29, 1.82) is 0 Å². The number of aliphatic hydroxyl groups excluding tert-OH is 1. The number of hydrogen-bond donors (Lipinski definition) is 2. The summed E-state index contributed by atoms with van der Waals surface area (Å²) in [6.07, 6.45) is 0. The Morgan fingerprint density at radius 3 is 1.28 bits per heavy atom. The highest BCUT2D eigenvalue weighted by Gasteiger charge is 2.25. The molecule has 2 nitrogen and oxygen atoms in total. The molecule has 2 heteroatoms. The quantitative estimate of drug-likeness (QED) is 0.735. The lowest BCUT2D eigenvalue weighted by Crippen LogP contribution is -2.17. The van der Waals surface area contributed by atoms with E-state index in [-0.39, 0.29) is 10.8 Å². The molecule has 0 aromatic heterocycles. The van der Waals surface area contributed by atoms with E-state index < -0.39 is 0 Å². The van der Waals surface area contributed by atoms with E-state index in [2.05, 4.69) is 60.6 Å². The number of rotatable bonds is 0. The third kappa shape index (κ3) is 4.02. The summed E-state index contributed by atoms with van der Waals surface area (Å²) in [6, 6.07) is 4.18. The van der Waals surface area contributed by atoms with Gasteiger partial charge in [0.15, 0.2) is 0 Å².